The Labute approximate surface area is 137 Å². The first-order chi connectivity index (χ1) is 11.1. The molecule has 1 aliphatic heterocycles. The molecule has 3 heteroatoms. The highest BCUT2D eigenvalue weighted by molar-refractivity contribution is 5.95. The van der Waals surface area contributed by atoms with Crippen LogP contribution in [-0.2, 0) is 4.74 Å². The molecule has 120 valence electrons. The van der Waals surface area contributed by atoms with E-state index in [1.165, 1.54) is 5.56 Å². The Morgan fingerprint density at radius 3 is 2.35 bits per heavy atom. The SMILES string of the molecule is CC(C)c1cccc(-c2cccc(C(=O)N3CCOCC3)c2)c1. The van der Waals surface area contributed by atoms with Gasteiger partial charge in [-0.2, -0.15) is 0 Å². The summed E-state index contributed by atoms with van der Waals surface area (Å²) in [4.78, 5) is 14.5. The van der Waals surface area contributed by atoms with Crippen molar-refractivity contribution in [3.63, 3.8) is 0 Å². The minimum Gasteiger partial charge on any atom is -0.378 e. The molecule has 2 aromatic rings. The third-order valence-electron chi connectivity index (χ3n) is 4.29. The number of hydrogen-bond acceptors (Lipinski definition) is 2. The average Bonchev–Trinajstić information content (AvgIpc) is 2.62. The van der Waals surface area contributed by atoms with Crippen LogP contribution in [0.5, 0.6) is 0 Å². The second-order valence-electron chi connectivity index (χ2n) is 6.27. The van der Waals surface area contributed by atoms with Crippen molar-refractivity contribution < 1.29 is 9.53 Å². The van der Waals surface area contributed by atoms with E-state index in [9.17, 15) is 4.79 Å². The molecule has 0 bridgehead atoms. The standard InChI is InChI=1S/C20H23NO2/c1-15(2)16-5-3-6-17(13-16)18-7-4-8-19(14-18)20(22)21-9-11-23-12-10-21/h3-8,13-15H,9-12H2,1-2H3. The molecule has 1 amide bonds. The number of rotatable bonds is 3. The summed E-state index contributed by atoms with van der Waals surface area (Å²) in [6.45, 7) is 6.98. The molecule has 3 rings (SSSR count). The summed E-state index contributed by atoms with van der Waals surface area (Å²) in [6.07, 6.45) is 0. The average molecular weight is 309 g/mol. The van der Waals surface area contributed by atoms with Gasteiger partial charge in [0.25, 0.3) is 5.91 Å². The van der Waals surface area contributed by atoms with Gasteiger partial charge in [-0.05, 0) is 34.7 Å². The number of benzene rings is 2. The molecule has 0 aromatic heterocycles. The molecule has 0 atom stereocenters. The van der Waals surface area contributed by atoms with Gasteiger partial charge in [0, 0.05) is 18.7 Å². The fraction of sp³-hybridized carbons (Fsp3) is 0.350. The lowest BCUT2D eigenvalue weighted by Gasteiger charge is -2.27. The maximum absolute atomic E-state index is 12.6. The van der Waals surface area contributed by atoms with Crippen molar-refractivity contribution in [2.24, 2.45) is 0 Å². The molecule has 0 unspecified atom stereocenters. The number of amides is 1. The van der Waals surface area contributed by atoms with Gasteiger partial charge in [0.1, 0.15) is 0 Å². The van der Waals surface area contributed by atoms with Gasteiger partial charge in [-0.25, -0.2) is 0 Å². The molecule has 1 heterocycles. The highest BCUT2D eigenvalue weighted by atomic mass is 16.5. The Kier molecular flexibility index (Phi) is 4.77. The summed E-state index contributed by atoms with van der Waals surface area (Å²) >= 11 is 0. The van der Waals surface area contributed by atoms with Crippen LogP contribution < -0.4 is 0 Å². The van der Waals surface area contributed by atoms with E-state index >= 15 is 0 Å². The van der Waals surface area contributed by atoms with Crippen molar-refractivity contribution in [3.05, 3.63) is 59.7 Å². The predicted octanol–water partition coefficient (Wildman–Crippen LogP) is 3.95. The van der Waals surface area contributed by atoms with E-state index in [2.05, 4.69) is 44.2 Å². The maximum Gasteiger partial charge on any atom is 0.254 e. The van der Waals surface area contributed by atoms with Crippen molar-refractivity contribution in [1.82, 2.24) is 4.90 Å². The van der Waals surface area contributed by atoms with Gasteiger partial charge in [-0.15, -0.1) is 0 Å². The van der Waals surface area contributed by atoms with E-state index in [4.69, 9.17) is 4.74 Å². The molecule has 0 spiro atoms. The number of carbonyl (C=O) groups excluding carboxylic acids is 1. The van der Waals surface area contributed by atoms with Crippen LogP contribution in [0.15, 0.2) is 48.5 Å². The molecule has 1 aliphatic rings. The van der Waals surface area contributed by atoms with Crippen LogP contribution in [0, 0.1) is 0 Å². The van der Waals surface area contributed by atoms with Crippen LogP contribution in [0.25, 0.3) is 11.1 Å². The van der Waals surface area contributed by atoms with Crippen LogP contribution in [0.1, 0.15) is 35.7 Å². The van der Waals surface area contributed by atoms with Crippen LogP contribution in [-0.4, -0.2) is 37.1 Å². The first kappa shape index (κ1) is 15.8. The highest BCUT2D eigenvalue weighted by Crippen LogP contribution is 2.25. The lowest BCUT2D eigenvalue weighted by molar-refractivity contribution is 0.0303. The summed E-state index contributed by atoms with van der Waals surface area (Å²) in [5, 5.41) is 0. The van der Waals surface area contributed by atoms with Gasteiger partial charge < -0.3 is 9.64 Å². The summed E-state index contributed by atoms with van der Waals surface area (Å²) < 4.78 is 5.32. The van der Waals surface area contributed by atoms with Gasteiger partial charge in [-0.3, -0.25) is 4.79 Å². The fourth-order valence-corrected chi connectivity index (χ4v) is 2.86. The molecule has 2 aromatic carbocycles. The van der Waals surface area contributed by atoms with Crippen LogP contribution in [0.3, 0.4) is 0 Å². The minimum absolute atomic E-state index is 0.0927. The minimum atomic E-state index is 0.0927. The van der Waals surface area contributed by atoms with Crippen LogP contribution >= 0.6 is 0 Å². The summed E-state index contributed by atoms with van der Waals surface area (Å²) in [6, 6.07) is 16.5. The number of nitrogens with zero attached hydrogens (tertiary/aromatic N) is 1. The van der Waals surface area contributed by atoms with Gasteiger partial charge >= 0.3 is 0 Å². The quantitative estimate of drug-likeness (QED) is 0.859. The second kappa shape index (κ2) is 6.97. The molecule has 23 heavy (non-hydrogen) atoms. The van der Waals surface area contributed by atoms with Crippen molar-refractivity contribution in [2.75, 3.05) is 26.3 Å². The smallest absolute Gasteiger partial charge is 0.254 e. The highest BCUT2D eigenvalue weighted by Gasteiger charge is 2.18. The van der Waals surface area contributed by atoms with E-state index in [0.717, 1.165) is 16.7 Å². The first-order valence-electron chi connectivity index (χ1n) is 8.22. The number of hydrogen-bond donors (Lipinski definition) is 0. The molecular formula is C20H23NO2. The molecule has 0 N–H and O–H groups in total. The zero-order valence-corrected chi connectivity index (χ0v) is 13.8. The second-order valence-corrected chi connectivity index (χ2v) is 6.27. The van der Waals surface area contributed by atoms with Gasteiger partial charge in [-0.1, -0.05) is 50.2 Å². The molecule has 1 fully saturated rings. The zero-order valence-electron chi connectivity index (χ0n) is 13.8. The Hall–Kier alpha value is -2.13. The fourth-order valence-electron chi connectivity index (χ4n) is 2.86. The van der Waals surface area contributed by atoms with Crippen molar-refractivity contribution >= 4 is 5.91 Å². The summed E-state index contributed by atoms with van der Waals surface area (Å²) in [5.41, 5.74) is 4.31. The molecule has 0 saturated carbocycles. The van der Waals surface area contributed by atoms with Gasteiger partial charge in [0.2, 0.25) is 0 Å². The normalized spacial score (nSPS) is 15.0. The molecular weight excluding hydrogens is 286 g/mol. The molecule has 0 radical (unpaired) electrons. The number of carbonyl (C=O) groups is 1. The van der Waals surface area contributed by atoms with Crippen molar-refractivity contribution in [3.8, 4) is 11.1 Å². The van der Waals surface area contributed by atoms with Crippen molar-refractivity contribution in [2.45, 2.75) is 19.8 Å². The maximum atomic E-state index is 12.6. The van der Waals surface area contributed by atoms with E-state index in [1.54, 1.807) is 0 Å². The van der Waals surface area contributed by atoms with E-state index in [0.29, 0.717) is 32.2 Å². The Morgan fingerprint density at radius 2 is 1.65 bits per heavy atom. The van der Waals surface area contributed by atoms with Crippen molar-refractivity contribution in [1.29, 1.82) is 0 Å². The van der Waals surface area contributed by atoms with E-state index in [1.807, 2.05) is 23.1 Å². The lowest BCUT2D eigenvalue weighted by Crippen LogP contribution is -2.40. The molecule has 0 aliphatic carbocycles. The largest absolute Gasteiger partial charge is 0.378 e. The topological polar surface area (TPSA) is 29.5 Å². The zero-order chi connectivity index (χ0) is 16.2. The lowest BCUT2D eigenvalue weighted by atomic mass is 9.96. The third-order valence-corrected chi connectivity index (χ3v) is 4.29. The predicted molar refractivity (Wildman–Crippen MR) is 92.7 cm³/mol. The summed E-state index contributed by atoms with van der Waals surface area (Å²) in [7, 11) is 0. The Morgan fingerprint density at radius 1 is 1.00 bits per heavy atom. The number of morpholine rings is 1. The monoisotopic (exact) mass is 309 g/mol. The third kappa shape index (κ3) is 3.62. The van der Waals surface area contributed by atoms with E-state index < -0.39 is 0 Å². The molecule has 1 saturated heterocycles. The Balaban J connectivity index is 1.87. The van der Waals surface area contributed by atoms with E-state index in [-0.39, 0.29) is 5.91 Å². The van der Waals surface area contributed by atoms with Gasteiger partial charge in [0.05, 0.1) is 13.2 Å². The summed E-state index contributed by atoms with van der Waals surface area (Å²) in [5.74, 6) is 0.586. The molecule has 3 nitrogen and oxygen atoms in total. The first-order valence-corrected chi connectivity index (χ1v) is 8.22. The van der Waals surface area contributed by atoms with Gasteiger partial charge in [0.15, 0.2) is 0 Å². The van der Waals surface area contributed by atoms with Crippen LogP contribution in [0.2, 0.25) is 0 Å². The number of ether oxygens (including phenoxy) is 1. The Bertz CT molecular complexity index is 688. The van der Waals surface area contributed by atoms with Crippen LogP contribution in [0.4, 0.5) is 0 Å².